The Kier molecular flexibility index (Phi) is 1.44. The Morgan fingerprint density at radius 1 is 1.54 bits per heavy atom. The van der Waals surface area contributed by atoms with E-state index in [2.05, 4.69) is 15.5 Å². The van der Waals surface area contributed by atoms with Gasteiger partial charge in [-0.25, -0.2) is 0 Å². The SMILES string of the molecule is Cc1c([N+](=O)[O-])ccc2nnnn12. The van der Waals surface area contributed by atoms with Crippen molar-refractivity contribution < 1.29 is 4.92 Å². The summed E-state index contributed by atoms with van der Waals surface area (Å²) >= 11 is 0. The highest BCUT2D eigenvalue weighted by atomic mass is 16.6. The summed E-state index contributed by atoms with van der Waals surface area (Å²) in [6, 6.07) is 2.90. The second-order valence-corrected chi connectivity index (χ2v) is 2.51. The van der Waals surface area contributed by atoms with Crippen molar-refractivity contribution in [2.24, 2.45) is 0 Å². The van der Waals surface area contributed by atoms with Crippen LogP contribution in [0.5, 0.6) is 0 Å². The van der Waals surface area contributed by atoms with Gasteiger partial charge in [-0.15, -0.1) is 5.10 Å². The fraction of sp³-hybridized carbons (Fsp3) is 0.167. The molecule has 0 aliphatic carbocycles. The van der Waals surface area contributed by atoms with Gasteiger partial charge in [-0.05, 0) is 23.4 Å². The Hall–Kier alpha value is -2.05. The lowest BCUT2D eigenvalue weighted by molar-refractivity contribution is -0.385. The molecular weight excluding hydrogens is 174 g/mol. The molecule has 2 heterocycles. The van der Waals surface area contributed by atoms with Crippen LogP contribution >= 0.6 is 0 Å². The fourth-order valence-corrected chi connectivity index (χ4v) is 1.11. The van der Waals surface area contributed by atoms with E-state index in [9.17, 15) is 10.1 Å². The zero-order valence-corrected chi connectivity index (χ0v) is 6.71. The molecule has 0 aromatic carbocycles. The first-order chi connectivity index (χ1) is 6.20. The number of aryl methyl sites for hydroxylation is 1. The first-order valence-electron chi connectivity index (χ1n) is 3.52. The van der Waals surface area contributed by atoms with Gasteiger partial charge in [0.2, 0.25) is 0 Å². The molecule has 2 aromatic heterocycles. The van der Waals surface area contributed by atoms with Crippen molar-refractivity contribution in [2.45, 2.75) is 6.92 Å². The van der Waals surface area contributed by atoms with Gasteiger partial charge in [-0.2, -0.15) is 4.52 Å². The van der Waals surface area contributed by atoms with Gasteiger partial charge in [-0.1, -0.05) is 0 Å². The van der Waals surface area contributed by atoms with Gasteiger partial charge in [-0.3, -0.25) is 10.1 Å². The Morgan fingerprint density at radius 3 is 3.00 bits per heavy atom. The Morgan fingerprint density at radius 2 is 2.31 bits per heavy atom. The number of nitrogens with zero attached hydrogens (tertiary/aromatic N) is 5. The number of tetrazole rings is 1. The normalized spacial score (nSPS) is 10.5. The average molecular weight is 179 g/mol. The molecule has 0 aliphatic rings. The molecule has 0 amide bonds. The Labute approximate surface area is 72.1 Å². The molecule has 2 aromatic rings. The molecular formula is C6H5N5O2. The van der Waals surface area contributed by atoms with Crippen molar-refractivity contribution >= 4 is 11.3 Å². The summed E-state index contributed by atoms with van der Waals surface area (Å²) in [5.74, 6) is 0. The summed E-state index contributed by atoms with van der Waals surface area (Å²) in [6.45, 7) is 1.60. The van der Waals surface area contributed by atoms with Crippen LogP contribution in [0.4, 0.5) is 5.69 Å². The third-order valence-electron chi connectivity index (χ3n) is 1.77. The molecule has 7 heteroatoms. The number of hydrogen-bond acceptors (Lipinski definition) is 5. The van der Waals surface area contributed by atoms with Crippen LogP contribution in [0.15, 0.2) is 12.1 Å². The standard InChI is InChI=1S/C6H5N5O2/c1-4-5(11(12)13)2-3-6-7-8-9-10(4)6/h2-3H,1H3. The van der Waals surface area contributed by atoms with E-state index in [1.165, 1.54) is 16.6 Å². The maximum atomic E-state index is 10.5. The molecule has 0 aliphatic heterocycles. The van der Waals surface area contributed by atoms with Crippen LogP contribution in [0, 0.1) is 17.0 Å². The molecule has 0 bridgehead atoms. The molecule has 0 unspecified atom stereocenters. The number of pyridine rings is 1. The molecule has 0 saturated carbocycles. The van der Waals surface area contributed by atoms with Crippen LogP contribution in [-0.4, -0.2) is 25.0 Å². The lowest BCUT2D eigenvalue weighted by Gasteiger charge is -1.96. The predicted molar refractivity (Wildman–Crippen MR) is 42.2 cm³/mol. The second-order valence-electron chi connectivity index (χ2n) is 2.51. The van der Waals surface area contributed by atoms with Crippen LogP contribution in [0.25, 0.3) is 5.65 Å². The summed E-state index contributed by atoms with van der Waals surface area (Å²) in [6.07, 6.45) is 0. The second kappa shape index (κ2) is 2.47. The van der Waals surface area contributed by atoms with Gasteiger partial charge in [0, 0.05) is 6.07 Å². The van der Waals surface area contributed by atoms with Crippen molar-refractivity contribution in [1.82, 2.24) is 20.0 Å². The number of aromatic nitrogens is 4. The molecule has 0 atom stereocenters. The van der Waals surface area contributed by atoms with E-state index < -0.39 is 4.92 Å². The van der Waals surface area contributed by atoms with Crippen LogP contribution in [0.3, 0.4) is 0 Å². The van der Waals surface area contributed by atoms with Crippen LogP contribution in [0.1, 0.15) is 5.69 Å². The highest BCUT2D eigenvalue weighted by molar-refractivity contribution is 5.46. The molecule has 2 rings (SSSR count). The highest BCUT2D eigenvalue weighted by Gasteiger charge is 2.14. The summed E-state index contributed by atoms with van der Waals surface area (Å²) in [4.78, 5) is 10.0. The van der Waals surface area contributed by atoms with E-state index in [1.807, 2.05) is 0 Å². The molecule has 0 spiro atoms. The zero-order chi connectivity index (χ0) is 9.42. The van der Waals surface area contributed by atoms with Gasteiger partial charge in [0.05, 0.1) is 4.92 Å². The van der Waals surface area contributed by atoms with Gasteiger partial charge in [0.25, 0.3) is 5.69 Å². The van der Waals surface area contributed by atoms with Gasteiger partial charge < -0.3 is 0 Å². The van der Waals surface area contributed by atoms with E-state index in [1.54, 1.807) is 6.92 Å². The Balaban J connectivity index is 2.80. The monoisotopic (exact) mass is 179 g/mol. The average Bonchev–Trinajstić information content (AvgIpc) is 2.52. The van der Waals surface area contributed by atoms with Crippen LogP contribution in [0.2, 0.25) is 0 Å². The highest BCUT2D eigenvalue weighted by Crippen LogP contribution is 2.16. The molecule has 13 heavy (non-hydrogen) atoms. The molecule has 0 radical (unpaired) electrons. The first kappa shape index (κ1) is 7.59. The fourth-order valence-electron chi connectivity index (χ4n) is 1.11. The van der Waals surface area contributed by atoms with E-state index in [0.717, 1.165) is 0 Å². The minimum atomic E-state index is -0.462. The number of nitro groups is 1. The maximum absolute atomic E-state index is 10.5. The number of hydrogen-bond donors (Lipinski definition) is 0. The topological polar surface area (TPSA) is 86.2 Å². The first-order valence-corrected chi connectivity index (χ1v) is 3.52. The van der Waals surface area contributed by atoms with E-state index in [-0.39, 0.29) is 5.69 Å². The lowest BCUT2D eigenvalue weighted by Crippen LogP contribution is -1.99. The minimum Gasteiger partial charge on any atom is -0.258 e. The smallest absolute Gasteiger partial charge is 0.258 e. The Bertz CT molecular complexity index is 477. The molecule has 0 N–H and O–H groups in total. The van der Waals surface area contributed by atoms with Crippen molar-refractivity contribution in [2.75, 3.05) is 0 Å². The van der Waals surface area contributed by atoms with Gasteiger partial charge in [0.15, 0.2) is 5.65 Å². The molecule has 66 valence electrons. The molecule has 7 nitrogen and oxygen atoms in total. The summed E-state index contributed by atoms with van der Waals surface area (Å²) in [5.41, 5.74) is 0.940. The van der Waals surface area contributed by atoms with Crippen molar-refractivity contribution in [3.63, 3.8) is 0 Å². The summed E-state index contributed by atoms with van der Waals surface area (Å²) in [5, 5.41) is 21.2. The van der Waals surface area contributed by atoms with Gasteiger partial charge in [0.1, 0.15) is 5.69 Å². The summed E-state index contributed by atoms with van der Waals surface area (Å²) in [7, 11) is 0. The van der Waals surface area contributed by atoms with E-state index in [4.69, 9.17) is 0 Å². The molecule has 0 fully saturated rings. The third-order valence-corrected chi connectivity index (χ3v) is 1.77. The number of rotatable bonds is 1. The number of fused-ring (bicyclic) bond motifs is 1. The maximum Gasteiger partial charge on any atom is 0.290 e. The van der Waals surface area contributed by atoms with Crippen molar-refractivity contribution in [1.29, 1.82) is 0 Å². The zero-order valence-electron chi connectivity index (χ0n) is 6.71. The van der Waals surface area contributed by atoms with Crippen LogP contribution < -0.4 is 0 Å². The quantitative estimate of drug-likeness (QED) is 0.465. The van der Waals surface area contributed by atoms with Crippen molar-refractivity contribution in [3.05, 3.63) is 27.9 Å². The largest absolute Gasteiger partial charge is 0.290 e. The minimum absolute atomic E-state index is 0.0137. The lowest BCUT2D eigenvalue weighted by atomic mass is 10.3. The summed E-state index contributed by atoms with van der Waals surface area (Å²) < 4.78 is 1.33. The van der Waals surface area contributed by atoms with E-state index in [0.29, 0.717) is 11.3 Å². The van der Waals surface area contributed by atoms with E-state index >= 15 is 0 Å². The molecule has 0 saturated heterocycles. The van der Waals surface area contributed by atoms with Gasteiger partial charge >= 0.3 is 0 Å². The van der Waals surface area contributed by atoms with Crippen LogP contribution in [-0.2, 0) is 0 Å². The predicted octanol–water partition coefficient (Wildman–Crippen LogP) is 0.341. The third kappa shape index (κ3) is 1.01. The van der Waals surface area contributed by atoms with Crippen molar-refractivity contribution in [3.8, 4) is 0 Å².